The fourth-order valence-corrected chi connectivity index (χ4v) is 2.68. The van der Waals surface area contributed by atoms with Gasteiger partial charge >= 0.3 is 0 Å². The molecule has 0 aliphatic rings. The van der Waals surface area contributed by atoms with Gasteiger partial charge in [0.25, 0.3) is 0 Å². The van der Waals surface area contributed by atoms with Gasteiger partial charge in [-0.2, -0.15) is 0 Å². The van der Waals surface area contributed by atoms with Crippen LogP contribution in [0.5, 0.6) is 0 Å². The first-order valence-electron chi connectivity index (χ1n) is 9.44. The average Bonchev–Trinajstić information content (AvgIpc) is 2.70. The number of rotatable bonds is 11. The Labute approximate surface area is 167 Å². The van der Waals surface area contributed by atoms with Crippen molar-refractivity contribution in [3.63, 3.8) is 0 Å². The van der Waals surface area contributed by atoms with Gasteiger partial charge in [-0.05, 0) is 42.9 Å². The Morgan fingerprint density at radius 2 is 1.78 bits per heavy atom. The number of unbranched alkanes of at least 4 members (excludes halogenated alkanes) is 1. The van der Waals surface area contributed by atoms with Crippen molar-refractivity contribution in [2.24, 2.45) is 4.99 Å². The predicted octanol–water partition coefficient (Wildman–Crippen LogP) is 3.48. The molecule has 1 heterocycles. The molecule has 0 spiro atoms. The van der Waals surface area contributed by atoms with E-state index in [1.165, 1.54) is 5.56 Å². The molecule has 5 nitrogen and oxygen atoms in total. The highest BCUT2D eigenvalue weighted by Crippen LogP contribution is 2.05. The number of benzene rings is 1. The highest BCUT2D eigenvalue weighted by Gasteiger charge is 1.99. The van der Waals surface area contributed by atoms with Crippen LogP contribution in [0, 0.1) is 0 Å². The number of ether oxygens (including phenoxy) is 1. The molecular formula is C21H29ClN4O. The lowest BCUT2D eigenvalue weighted by molar-refractivity contribution is 0.133. The Bertz CT molecular complexity index is 662. The van der Waals surface area contributed by atoms with Gasteiger partial charge in [-0.3, -0.25) is 4.99 Å². The van der Waals surface area contributed by atoms with E-state index in [0.29, 0.717) is 5.15 Å². The molecule has 146 valence electrons. The first-order chi connectivity index (χ1) is 13.3. The molecule has 2 rings (SSSR count). The number of pyridine rings is 1. The lowest BCUT2D eigenvalue weighted by Gasteiger charge is -2.12. The summed E-state index contributed by atoms with van der Waals surface area (Å²) < 4.78 is 5.70. The Hall–Kier alpha value is -2.11. The largest absolute Gasteiger partial charge is 0.381 e. The van der Waals surface area contributed by atoms with Crippen LogP contribution >= 0.6 is 11.6 Å². The van der Waals surface area contributed by atoms with Gasteiger partial charge in [-0.1, -0.05) is 48.0 Å². The third-order valence-corrected chi connectivity index (χ3v) is 4.33. The molecule has 0 radical (unpaired) electrons. The number of halogens is 1. The van der Waals surface area contributed by atoms with Crippen molar-refractivity contribution >= 4 is 17.6 Å². The zero-order valence-electron chi connectivity index (χ0n) is 16.0. The summed E-state index contributed by atoms with van der Waals surface area (Å²) in [4.78, 5) is 8.33. The van der Waals surface area contributed by atoms with Crippen molar-refractivity contribution in [3.05, 3.63) is 64.9 Å². The lowest BCUT2D eigenvalue weighted by atomic mass is 10.2. The van der Waals surface area contributed by atoms with Crippen LogP contribution in [0.2, 0.25) is 5.15 Å². The van der Waals surface area contributed by atoms with Gasteiger partial charge in [0.15, 0.2) is 5.96 Å². The Morgan fingerprint density at radius 1 is 0.963 bits per heavy atom. The third-order valence-electron chi connectivity index (χ3n) is 4.10. The molecule has 27 heavy (non-hydrogen) atoms. The van der Waals surface area contributed by atoms with Gasteiger partial charge in [-0.25, -0.2) is 4.98 Å². The number of aliphatic imine (C=N–C) groups is 1. The monoisotopic (exact) mass is 388 g/mol. The molecule has 0 bridgehead atoms. The highest BCUT2D eigenvalue weighted by atomic mass is 35.5. The molecule has 0 aliphatic heterocycles. The molecule has 0 fully saturated rings. The van der Waals surface area contributed by atoms with E-state index in [9.17, 15) is 0 Å². The summed E-state index contributed by atoms with van der Waals surface area (Å²) in [6, 6.07) is 14.2. The second-order valence-electron chi connectivity index (χ2n) is 6.22. The molecule has 0 atom stereocenters. The van der Waals surface area contributed by atoms with Gasteiger partial charge in [0.05, 0.1) is 6.61 Å². The molecule has 0 unspecified atom stereocenters. The summed E-state index contributed by atoms with van der Waals surface area (Å²) in [5, 5.41) is 7.16. The zero-order valence-corrected chi connectivity index (χ0v) is 16.7. The van der Waals surface area contributed by atoms with Crippen LogP contribution in [0.15, 0.2) is 53.7 Å². The summed E-state index contributed by atoms with van der Waals surface area (Å²) >= 11 is 5.79. The third kappa shape index (κ3) is 9.40. The molecule has 0 saturated carbocycles. The summed E-state index contributed by atoms with van der Waals surface area (Å²) in [5.74, 6) is 0.821. The van der Waals surface area contributed by atoms with Crippen LogP contribution in [-0.4, -0.2) is 44.3 Å². The van der Waals surface area contributed by atoms with Gasteiger partial charge in [-0.15, -0.1) is 0 Å². The molecule has 6 heteroatoms. The first-order valence-corrected chi connectivity index (χ1v) is 9.82. The fourth-order valence-electron chi connectivity index (χ4n) is 2.57. The molecule has 2 aromatic rings. The van der Waals surface area contributed by atoms with E-state index in [0.717, 1.165) is 63.5 Å². The standard InChI is InChI=1S/C21H29ClN4O/c1-23-21(25-14-11-19-9-10-20(22)26-17-19)24-13-5-6-15-27-16-12-18-7-3-2-4-8-18/h2-4,7-10,17H,5-6,11-16H2,1H3,(H2,23,24,25). The van der Waals surface area contributed by atoms with Crippen LogP contribution in [0.3, 0.4) is 0 Å². The minimum Gasteiger partial charge on any atom is -0.381 e. The molecule has 2 N–H and O–H groups in total. The van der Waals surface area contributed by atoms with E-state index < -0.39 is 0 Å². The van der Waals surface area contributed by atoms with Crippen molar-refractivity contribution in [2.75, 3.05) is 33.4 Å². The smallest absolute Gasteiger partial charge is 0.190 e. The quantitative estimate of drug-likeness (QED) is 0.268. The molecule has 1 aromatic carbocycles. The van der Waals surface area contributed by atoms with E-state index in [4.69, 9.17) is 16.3 Å². The normalized spacial score (nSPS) is 11.4. The maximum atomic E-state index is 5.79. The summed E-state index contributed by atoms with van der Waals surface area (Å²) in [7, 11) is 1.78. The van der Waals surface area contributed by atoms with Crippen LogP contribution in [0.1, 0.15) is 24.0 Å². The van der Waals surface area contributed by atoms with Gasteiger partial charge < -0.3 is 15.4 Å². The molecule has 1 aromatic heterocycles. The van der Waals surface area contributed by atoms with Crippen LogP contribution < -0.4 is 10.6 Å². The zero-order chi connectivity index (χ0) is 19.2. The molecule has 0 aliphatic carbocycles. The van der Waals surface area contributed by atoms with Crippen molar-refractivity contribution in [1.82, 2.24) is 15.6 Å². The van der Waals surface area contributed by atoms with Crippen molar-refractivity contribution in [2.45, 2.75) is 25.7 Å². The topological polar surface area (TPSA) is 58.5 Å². The second-order valence-corrected chi connectivity index (χ2v) is 6.61. The fraction of sp³-hybridized carbons (Fsp3) is 0.429. The maximum Gasteiger partial charge on any atom is 0.190 e. The first kappa shape index (κ1) is 21.2. The maximum absolute atomic E-state index is 5.79. The summed E-state index contributed by atoms with van der Waals surface area (Å²) in [6.45, 7) is 3.25. The SMILES string of the molecule is CN=C(NCCCCOCCc1ccccc1)NCCc1ccc(Cl)nc1. The number of aromatic nitrogens is 1. The summed E-state index contributed by atoms with van der Waals surface area (Å²) in [6.07, 6.45) is 5.74. The van der Waals surface area contributed by atoms with E-state index in [1.54, 1.807) is 13.2 Å². The second kappa shape index (κ2) is 13.1. The van der Waals surface area contributed by atoms with Crippen LogP contribution in [0.25, 0.3) is 0 Å². The van der Waals surface area contributed by atoms with Crippen LogP contribution in [0.4, 0.5) is 0 Å². The van der Waals surface area contributed by atoms with E-state index >= 15 is 0 Å². The Kier molecular flexibility index (Phi) is 10.3. The predicted molar refractivity (Wildman–Crippen MR) is 113 cm³/mol. The Morgan fingerprint density at radius 3 is 2.52 bits per heavy atom. The molecular weight excluding hydrogens is 360 g/mol. The van der Waals surface area contributed by atoms with E-state index in [2.05, 4.69) is 44.9 Å². The molecule has 0 saturated heterocycles. The lowest BCUT2D eigenvalue weighted by Crippen LogP contribution is -2.38. The minimum absolute atomic E-state index is 0.522. The van der Waals surface area contributed by atoms with Gasteiger partial charge in [0.1, 0.15) is 5.15 Å². The summed E-state index contributed by atoms with van der Waals surface area (Å²) in [5.41, 5.74) is 2.47. The average molecular weight is 389 g/mol. The number of guanidine groups is 1. The van der Waals surface area contributed by atoms with Crippen molar-refractivity contribution in [3.8, 4) is 0 Å². The number of hydrogen-bond donors (Lipinski definition) is 2. The minimum atomic E-state index is 0.522. The van der Waals surface area contributed by atoms with Crippen LogP contribution in [-0.2, 0) is 17.6 Å². The van der Waals surface area contributed by atoms with Gasteiger partial charge in [0, 0.05) is 32.9 Å². The number of nitrogens with one attached hydrogen (secondary N) is 2. The van der Waals surface area contributed by atoms with Gasteiger partial charge in [0.2, 0.25) is 0 Å². The van der Waals surface area contributed by atoms with E-state index in [-0.39, 0.29) is 0 Å². The number of hydrogen-bond acceptors (Lipinski definition) is 3. The highest BCUT2D eigenvalue weighted by molar-refractivity contribution is 6.29. The van der Waals surface area contributed by atoms with Crippen molar-refractivity contribution < 1.29 is 4.74 Å². The molecule has 0 amide bonds. The van der Waals surface area contributed by atoms with E-state index in [1.807, 2.05) is 18.2 Å². The number of nitrogens with zero attached hydrogens (tertiary/aromatic N) is 2. The Balaban J connectivity index is 1.46. The van der Waals surface area contributed by atoms with Crippen molar-refractivity contribution in [1.29, 1.82) is 0 Å².